The molecule has 1 atom stereocenters. The molecule has 3 aromatic heterocycles. The number of pyridine rings is 1. The zero-order valence-electron chi connectivity index (χ0n) is 17.3. The molecule has 1 unspecified atom stereocenters. The maximum Gasteiger partial charge on any atom is 0.248 e. The van der Waals surface area contributed by atoms with Gasteiger partial charge in [0.2, 0.25) is 11.8 Å². The van der Waals surface area contributed by atoms with Gasteiger partial charge in [0.15, 0.2) is 5.82 Å². The van der Waals surface area contributed by atoms with Gasteiger partial charge in [-0.2, -0.15) is 10.1 Å². The van der Waals surface area contributed by atoms with Crippen LogP contribution >= 0.6 is 0 Å². The summed E-state index contributed by atoms with van der Waals surface area (Å²) in [6.45, 7) is 4.15. The maximum atomic E-state index is 12.4. The summed E-state index contributed by atoms with van der Waals surface area (Å²) in [6, 6.07) is 13.5. The van der Waals surface area contributed by atoms with Gasteiger partial charge in [0.05, 0.1) is 6.54 Å². The number of hydrogen-bond acceptors (Lipinski definition) is 6. The van der Waals surface area contributed by atoms with E-state index in [1.54, 1.807) is 32.3 Å². The van der Waals surface area contributed by atoms with E-state index >= 15 is 0 Å². The number of benzene rings is 1. The molecule has 0 saturated carbocycles. The second-order valence-corrected chi connectivity index (χ2v) is 7.10. The van der Waals surface area contributed by atoms with Crippen LogP contribution in [-0.2, 0) is 11.3 Å². The van der Waals surface area contributed by atoms with E-state index in [4.69, 9.17) is 9.62 Å². The third-order valence-corrected chi connectivity index (χ3v) is 4.60. The van der Waals surface area contributed by atoms with E-state index < -0.39 is 6.04 Å². The van der Waals surface area contributed by atoms with Gasteiger partial charge in [0.1, 0.15) is 11.7 Å². The highest BCUT2D eigenvalue weighted by Gasteiger charge is 2.15. The van der Waals surface area contributed by atoms with Gasteiger partial charge in [0.25, 0.3) is 0 Å². The van der Waals surface area contributed by atoms with Crippen LogP contribution in [0.2, 0.25) is 0 Å². The Morgan fingerprint density at radius 1 is 1.23 bits per heavy atom. The largest absolute Gasteiger partial charge is 0.341 e. The number of nitrogens with zero attached hydrogens (tertiary/aromatic N) is 5. The summed E-state index contributed by atoms with van der Waals surface area (Å²) in [5.41, 5.74) is 3.60. The van der Waals surface area contributed by atoms with E-state index in [9.17, 15) is 4.79 Å². The molecule has 4 aromatic rings. The van der Waals surface area contributed by atoms with Crippen LogP contribution in [-0.4, -0.2) is 30.8 Å². The Bertz CT molecular complexity index is 1180. The molecular weight excluding hydrogens is 392 g/mol. The maximum absolute atomic E-state index is 12.4. The molecule has 0 fully saturated rings. The molecule has 0 aliphatic rings. The summed E-state index contributed by atoms with van der Waals surface area (Å²) in [5, 5.41) is 11.3. The lowest BCUT2D eigenvalue weighted by atomic mass is 10.1. The molecule has 0 bridgehead atoms. The zero-order chi connectivity index (χ0) is 21.6. The van der Waals surface area contributed by atoms with Gasteiger partial charge in [0, 0.05) is 35.8 Å². The normalized spacial score (nSPS) is 12.2. The van der Waals surface area contributed by atoms with E-state index in [-0.39, 0.29) is 5.91 Å². The average molecular weight is 414 g/mol. The minimum Gasteiger partial charge on any atom is -0.341 e. The molecule has 3 heterocycles. The molecule has 1 N–H and O–H groups in total. The fourth-order valence-electron chi connectivity index (χ4n) is 3.12. The molecule has 8 heteroatoms. The molecule has 0 spiro atoms. The minimum atomic E-state index is -0.392. The van der Waals surface area contributed by atoms with Gasteiger partial charge in [-0.25, -0.2) is 0 Å². The molecule has 1 aromatic carbocycles. The van der Waals surface area contributed by atoms with E-state index in [2.05, 4.69) is 32.6 Å². The first-order valence-electron chi connectivity index (χ1n) is 9.89. The number of carbonyl (C=O) groups excluding carboxylic acids is 1. The van der Waals surface area contributed by atoms with Gasteiger partial charge in [-0.15, -0.1) is 0 Å². The fourth-order valence-corrected chi connectivity index (χ4v) is 3.12. The first-order valence-corrected chi connectivity index (χ1v) is 9.89. The molecule has 0 aliphatic heterocycles. The van der Waals surface area contributed by atoms with Crippen molar-refractivity contribution in [2.24, 2.45) is 0 Å². The van der Waals surface area contributed by atoms with Gasteiger partial charge < -0.3 is 9.84 Å². The van der Waals surface area contributed by atoms with Gasteiger partial charge >= 0.3 is 0 Å². The Hall–Kier alpha value is -4.07. The standard InChI is InChI=1S/C23H22N6O2/c1-16(23-26-17(2)28-31-23)25-21(30)11-10-20-15-29(14-18-7-4-3-5-8-18)27-22(20)19-9-6-12-24-13-19/h3-13,15-16H,14H2,1-2H3,(H,25,30)/b11-10+. The van der Waals surface area contributed by atoms with Crippen LogP contribution < -0.4 is 5.32 Å². The van der Waals surface area contributed by atoms with Crippen molar-refractivity contribution >= 4 is 12.0 Å². The Morgan fingerprint density at radius 2 is 2.06 bits per heavy atom. The Labute approximate surface area is 179 Å². The molecular formula is C23H22N6O2. The van der Waals surface area contributed by atoms with Gasteiger partial charge in [-0.3, -0.25) is 14.5 Å². The van der Waals surface area contributed by atoms with Crippen LogP contribution in [0.3, 0.4) is 0 Å². The lowest BCUT2D eigenvalue weighted by Crippen LogP contribution is -2.24. The van der Waals surface area contributed by atoms with Crippen molar-refractivity contribution in [3.05, 3.63) is 90.0 Å². The SMILES string of the molecule is Cc1noc(C(C)NC(=O)/C=C/c2cn(Cc3ccccc3)nc2-c2cccnc2)n1. The number of rotatable bonds is 7. The predicted octanol–water partition coefficient (Wildman–Crippen LogP) is 3.58. The monoisotopic (exact) mass is 414 g/mol. The van der Waals surface area contributed by atoms with E-state index in [1.807, 2.05) is 41.2 Å². The summed E-state index contributed by atoms with van der Waals surface area (Å²) in [5.74, 6) is 0.626. The highest BCUT2D eigenvalue weighted by atomic mass is 16.5. The summed E-state index contributed by atoms with van der Waals surface area (Å²) >= 11 is 0. The third-order valence-electron chi connectivity index (χ3n) is 4.60. The minimum absolute atomic E-state index is 0.267. The number of aromatic nitrogens is 5. The molecule has 0 aliphatic carbocycles. The van der Waals surface area contributed by atoms with Crippen LogP contribution in [0.4, 0.5) is 0 Å². The smallest absolute Gasteiger partial charge is 0.248 e. The molecule has 4 rings (SSSR count). The Balaban J connectivity index is 1.55. The highest BCUT2D eigenvalue weighted by Crippen LogP contribution is 2.23. The second-order valence-electron chi connectivity index (χ2n) is 7.10. The molecule has 156 valence electrons. The highest BCUT2D eigenvalue weighted by molar-refractivity contribution is 5.92. The van der Waals surface area contributed by atoms with Crippen LogP contribution in [0, 0.1) is 6.92 Å². The molecule has 31 heavy (non-hydrogen) atoms. The number of nitrogens with one attached hydrogen (secondary N) is 1. The summed E-state index contributed by atoms with van der Waals surface area (Å²) < 4.78 is 6.97. The van der Waals surface area contributed by atoms with Crippen molar-refractivity contribution in [2.45, 2.75) is 26.4 Å². The quantitative estimate of drug-likeness (QED) is 0.464. The first kappa shape index (κ1) is 20.2. The van der Waals surface area contributed by atoms with Crippen molar-refractivity contribution in [3.8, 4) is 11.3 Å². The van der Waals surface area contributed by atoms with E-state index in [0.29, 0.717) is 18.3 Å². The molecule has 0 saturated heterocycles. The van der Waals surface area contributed by atoms with Crippen molar-refractivity contribution in [3.63, 3.8) is 0 Å². The van der Waals surface area contributed by atoms with Gasteiger partial charge in [-0.1, -0.05) is 35.5 Å². The lowest BCUT2D eigenvalue weighted by Gasteiger charge is -2.06. The number of aryl methyl sites for hydroxylation is 1. The van der Waals surface area contributed by atoms with Crippen LogP contribution in [0.15, 0.2) is 71.7 Å². The van der Waals surface area contributed by atoms with Crippen molar-refractivity contribution in [2.75, 3.05) is 0 Å². The molecule has 1 amide bonds. The summed E-state index contributed by atoms with van der Waals surface area (Å²) in [4.78, 5) is 20.8. The predicted molar refractivity (Wildman–Crippen MR) is 116 cm³/mol. The lowest BCUT2D eigenvalue weighted by molar-refractivity contribution is -0.117. The topological polar surface area (TPSA) is 98.7 Å². The number of hydrogen-bond donors (Lipinski definition) is 1. The fraction of sp³-hybridized carbons (Fsp3) is 0.174. The van der Waals surface area contributed by atoms with Crippen molar-refractivity contribution < 1.29 is 9.32 Å². The van der Waals surface area contributed by atoms with E-state index in [1.165, 1.54) is 6.08 Å². The zero-order valence-corrected chi connectivity index (χ0v) is 17.3. The van der Waals surface area contributed by atoms with Crippen molar-refractivity contribution in [1.82, 2.24) is 30.2 Å². The average Bonchev–Trinajstić information content (AvgIpc) is 3.40. The van der Waals surface area contributed by atoms with E-state index in [0.717, 1.165) is 22.4 Å². The molecule has 0 radical (unpaired) electrons. The van der Waals surface area contributed by atoms with Crippen LogP contribution in [0.5, 0.6) is 0 Å². The van der Waals surface area contributed by atoms with Crippen molar-refractivity contribution in [1.29, 1.82) is 0 Å². The van der Waals surface area contributed by atoms with Crippen LogP contribution in [0.25, 0.3) is 17.3 Å². The summed E-state index contributed by atoms with van der Waals surface area (Å²) in [7, 11) is 0. The molecule has 8 nitrogen and oxygen atoms in total. The second kappa shape index (κ2) is 9.17. The Kier molecular flexibility index (Phi) is 5.98. The van der Waals surface area contributed by atoms with Crippen LogP contribution in [0.1, 0.15) is 35.8 Å². The first-order chi connectivity index (χ1) is 15.1. The third kappa shape index (κ3) is 5.11. The number of amides is 1. The summed E-state index contributed by atoms with van der Waals surface area (Å²) in [6.07, 6.45) is 8.62. The number of carbonyl (C=O) groups is 1. The Morgan fingerprint density at radius 3 is 2.77 bits per heavy atom. The van der Waals surface area contributed by atoms with Gasteiger partial charge in [-0.05, 0) is 37.6 Å².